The molecule has 0 aliphatic carbocycles. The second-order valence-corrected chi connectivity index (χ2v) is 4.16. The molecule has 3 nitrogen and oxygen atoms in total. The van der Waals surface area contributed by atoms with Crippen LogP contribution in [0.2, 0.25) is 0 Å². The van der Waals surface area contributed by atoms with Gasteiger partial charge in [-0.2, -0.15) is 18.4 Å². The summed E-state index contributed by atoms with van der Waals surface area (Å²) < 4.78 is 41.4. The Kier molecular flexibility index (Phi) is 5.64. The first-order valence-electron chi connectivity index (χ1n) is 5.79. The fourth-order valence-corrected chi connectivity index (χ4v) is 1.40. The highest BCUT2D eigenvalue weighted by Crippen LogP contribution is 2.19. The summed E-state index contributed by atoms with van der Waals surface area (Å²) in [5.41, 5.74) is 0.489. The van der Waals surface area contributed by atoms with E-state index in [1.807, 2.05) is 6.07 Å². The van der Waals surface area contributed by atoms with Gasteiger partial charge in [0.05, 0.1) is 18.1 Å². The predicted octanol–water partition coefficient (Wildman–Crippen LogP) is 2.82. The van der Waals surface area contributed by atoms with Gasteiger partial charge in [0.25, 0.3) is 0 Å². The van der Waals surface area contributed by atoms with Gasteiger partial charge in [0, 0.05) is 13.1 Å². The number of hydrogen-bond donors (Lipinski definition) is 0. The lowest BCUT2D eigenvalue weighted by Crippen LogP contribution is -2.28. The normalized spacial score (nSPS) is 11.4. The lowest BCUT2D eigenvalue weighted by molar-refractivity contribution is -0.137. The maximum atomic E-state index is 12.0. The van der Waals surface area contributed by atoms with Crippen molar-refractivity contribution >= 4 is 0 Å². The molecule has 1 aromatic carbocycles. The summed E-state index contributed by atoms with van der Waals surface area (Å²) in [4.78, 5) is 1.56. The molecule has 0 heterocycles. The summed E-state index contributed by atoms with van der Waals surface area (Å²) in [6.07, 6.45) is -4.95. The predicted molar refractivity (Wildman–Crippen MR) is 64.8 cm³/mol. The van der Waals surface area contributed by atoms with Crippen molar-refractivity contribution in [3.63, 3.8) is 0 Å². The molecule has 0 atom stereocenters. The van der Waals surface area contributed by atoms with Gasteiger partial charge in [0.1, 0.15) is 12.4 Å². The van der Waals surface area contributed by atoms with Crippen molar-refractivity contribution in [1.82, 2.24) is 4.90 Å². The highest BCUT2D eigenvalue weighted by molar-refractivity contribution is 5.36. The van der Waals surface area contributed by atoms with Gasteiger partial charge in [-0.25, -0.2) is 0 Å². The number of likely N-dealkylation sites (N-methyl/N-ethyl adjacent to an activating group) is 1. The van der Waals surface area contributed by atoms with Crippen LogP contribution in [-0.4, -0.2) is 37.8 Å². The van der Waals surface area contributed by atoms with Crippen molar-refractivity contribution < 1.29 is 17.9 Å². The van der Waals surface area contributed by atoms with E-state index in [-0.39, 0.29) is 13.2 Å². The Labute approximate surface area is 110 Å². The largest absolute Gasteiger partial charge is 0.492 e. The minimum atomic E-state index is -4.13. The van der Waals surface area contributed by atoms with Crippen molar-refractivity contribution in [3.05, 3.63) is 29.8 Å². The van der Waals surface area contributed by atoms with E-state index in [1.54, 1.807) is 36.2 Å². The van der Waals surface area contributed by atoms with Crippen LogP contribution < -0.4 is 4.74 Å². The number of nitrogens with zero attached hydrogens (tertiary/aromatic N) is 2. The zero-order chi connectivity index (χ0) is 14.3. The molecule has 0 saturated heterocycles. The minimum Gasteiger partial charge on any atom is -0.492 e. The van der Waals surface area contributed by atoms with Crippen LogP contribution in [0.4, 0.5) is 13.2 Å². The number of rotatable bonds is 6. The van der Waals surface area contributed by atoms with Gasteiger partial charge in [0.15, 0.2) is 0 Å². The fraction of sp³-hybridized carbons (Fsp3) is 0.462. The summed E-state index contributed by atoms with van der Waals surface area (Å²) in [5, 5.41) is 8.70. The molecule has 0 spiro atoms. The number of nitriles is 1. The van der Waals surface area contributed by atoms with Gasteiger partial charge >= 0.3 is 6.18 Å². The Hall–Kier alpha value is -1.74. The molecule has 6 heteroatoms. The molecule has 0 radical (unpaired) electrons. The van der Waals surface area contributed by atoms with Crippen LogP contribution in [0.1, 0.15) is 12.0 Å². The lowest BCUT2D eigenvalue weighted by atomic mass is 10.2. The molecular formula is C13H15F3N2O. The smallest absolute Gasteiger partial charge is 0.390 e. The van der Waals surface area contributed by atoms with E-state index in [9.17, 15) is 13.2 Å². The molecule has 0 aliphatic rings. The van der Waals surface area contributed by atoms with Crippen LogP contribution in [0.3, 0.4) is 0 Å². The summed E-state index contributed by atoms with van der Waals surface area (Å²) in [7, 11) is 1.61. The van der Waals surface area contributed by atoms with Crippen LogP contribution in [0.15, 0.2) is 24.3 Å². The van der Waals surface area contributed by atoms with E-state index in [4.69, 9.17) is 10.00 Å². The molecule has 104 valence electrons. The van der Waals surface area contributed by atoms with E-state index < -0.39 is 12.6 Å². The van der Waals surface area contributed by atoms with E-state index in [0.29, 0.717) is 17.9 Å². The maximum Gasteiger partial charge on any atom is 0.390 e. The zero-order valence-corrected chi connectivity index (χ0v) is 10.6. The number of benzene rings is 1. The Morgan fingerprint density at radius 2 is 2.05 bits per heavy atom. The summed E-state index contributed by atoms with van der Waals surface area (Å²) in [6, 6.07) is 8.64. The molecule has 0 saturated carbocycles. The average molecular weight is 272 g/mol. The van der Waals surface area contributed by atoms with E-state index in [2.05, 4.69) is 0 Å². The molecular weight excluding hydrogens is 257 g/mol. The maximum absolute atomic E-state index is 12.0. The molecule has 0 N–H and O–H groups in total. The molecule has 0 bridgehead atoms. The first-order chi connectivity index (χ1) is 8.90. The molecule has 0 amide bonds. The number of alkyl halides is 3. The lowest BCUT2D eigenvalue weighted by Gasteiger charge is -2.17. The van der Waals surface area contributed by atoms with Crippen molar-refractivity contribution in [1.29, 1.82) is 5.26 Å². The van der Waals surface area contributed by atoms with Crippen LogP contribution in [0.5, 0.6) is 5.75 Å². The number of ether oxygens (including phenoxy) is 1. The minimum absolute atomic E-state index is 0.0505. The van der Waals surface area contributed by atoms with Crippen molar-refractivity contribution in [2.75, 3.05) is 26.7 Å². The zero-order valence-electron chi connectivity index (χ0n) is 10.6. The van der Waals surface area contributed by atoms with E-state index in [1.165, 1.54) is 0 Å². The SMILES string of the molecule is CN(CCOc1cccc(C#N)c1)CCC(F)(F)F. The molecule has 0 aromatic heterocycles. The summed E-state index contributed by atoms with van der Waals surface area (Å²) in [5.74, 6) is 0.545. The fourth-order valence-electron chi connectivity index (χ4n) is 1.40. The second kappa shape index (κ2) is 7.00. The molecule has 0 fully saturated rings. The standard InChI is InChI=1S/C13H15F3N2O/c1-18(6-5-13(14,15)16)7-8-19-12-4-2-3-11(9-12)10-17/h2-4,9H,5-8H2,1H3. The van der Waals surface area contributed by atoms with Gasteiger partial charge in [-0.15, -0.1) is 0 Å². The van der Waals surface area contributed by atoms with Crippen molar-refractivity contribution in [3.8, 4) is 11.8 Å². The Bertz CT molecular complexity index is 440. The quantitative estimate of drug-likeness (QED) is 0.799. The van der Waals surface area contributed by atoms with Gasteiger partial charge in [-0.3, -0.25) is 0 Å². The number of hydrogen-bond acceptors (Lipinski definition) is 3. The van der Waals surface area contributed by atoms with Crippen LogP contribution >= 0.6 is 0 Å². The third-order valence-corrected chi connectivity index (χ3v) is 2.48. The third kappa shape index (κ3) is 6.67. The number of halogens is 3. The average Bonchev–Trinajstić information content (AvgIpc) is 2.36. The second-order valence-electron chi connectivity index (χ2n) is 4.16. The highest BCUT2D eigenvalue weighted by atomic mass is 19.4. The van der Waals surface area contributed by atoms with Crippen molar-refractivity contribution in [2.24, 2.45) is 0 Å². The summed E-state index contributed by atoms with van der Waals surface area (Å²) >= 11 is 0. The van der Waals surface area contributed by atoms with Crippen LogP contribution in [-0.2, 0) is 0 Å². The topological polar surface area (TPSA) is 36.3 Å². The third-order valence-electron chi connectivity index (χ3n) is 2.48. The van der Waals surface area contributed by atoms with Gasteiger partial charge in [0.2, 0.25) is 0 Å². The van der Waals surface area contributed by atoms with E-state index in [0.717, 1.165) is 0 Å². The monoisotopic (exact) mass is 272 g/mol. The first kappa shape index (κ1) is 15.3. The molecule has 19 heavy (non-hydrogen) atoms. The van der Waals surface area contributed by atoms with Crippen LogP contribution in [0.25, 0.3) is 0 Å². The van der Waals surface area contributed by atoms with E-state index >= 15 is 0 Å². The first-order valence-corrected chi connectivity index (χ1v) is 5.79. The van der Waals surface area contributed by atoms with Crippen LogP contribution in [0, 0.1) is 11.3 Å². The highest BCUT2D eigenvalue weighted by Gasteiger charge is 2.26. The van der Waals surface area contributed by atoms with Gasteiger partial charge < -0.3 is 9.64 Å². The summed E-state index contributed by atoms with van der Waals surface area (Å²) in [6.45, 7) is 0.626. The molecule has 1 aromatic rings. The Morgan fingerprint density at radius 1 is 1.32 bits per heavy atom. The molecule has 0 aliphatic heterocycles. The molecule has 1 rings (SSSR count). The Morgan fingerprint density at radius 3 is 2.68 bits per heavy atom. The van der Waals surface area contributed by atoms with Gasteiger partial charge in [-0.05, 0) is 25.2 Å². The Balaban J connectivity index is 2.28. The van der Waals surface area contributed by atoms with Crippen molar-refractivity contribution in [2.45, 2.75) is 12.6 Å². The molecule has 0 unspecified atom stereocenters. The van der Waals surface area contributed by atoms with Gasteiger partial charge in [-0.1, -0.05) is 6.07 Å².